The summed E-state index contributed by atoms with van der Waals surface area (Å²) in [4.78, 5) is 18.7. The van der Waals surface area contributed by atoms with Gasteiger partial charge >= 0.3 is 0 Å². The fourth-order valence-corrected chi connectivity index (χ4v) is 5.46. The Balaban J connectivity index is 1.47. The maximum absolute atomic E-state index is 12.6. The Morgan fingerprint density at radius 2 is 2.08 bits per heavy atom. The molecule has 1 saturated heterocycles. The van der Waals surface area contributed by atoms with Crippen molar-refractivity contribution < 1.29 is 14.4 Å². The lowest BCUT2D eigenvalue weighted by Crippen LogP contribution is -2.63. The zero-order chi connectivity index (χ0) is 17.3. The predicted octanol–water partition coefficient (Wildman–Crippen LogP) is 4.35. The third-order valence-corrected chi connectivity index (χ3v) is 6.66. The van der Waals surface area contributed by atoms with Gasteiger partial charge in [0.25, 0.3) is 0 Å². The van der Waals surface area contributed by atoms with Gasteiger partial charge in [0, 0.05) is 10.9 Å². The highest BCUT2D eigenvalue weighted by atomic mass is 79.9. The van der Waals surface area contributed by atoms with Gasteiger partial charge in [-0.05, 0) is 36.8 Å². The second kappa shape index (κ2) is 7.22. The predicted molar refractivity (Wildman–Crippen MR) is 98.8 cm³/mol. The first kappa shape index (κ1) is 17.3. The number of benzene rings is 1. The van der Waals surface area contributed by atoms with Crippen molar-refractivity contribution in [1.29, 1.82) is 0 Å². The van der Waals surface area contributed by atoms with Crippen LogP contribution in [0.1, 0.15) is 44.1 Å². The number of hydrogen-bond donors (Lipinski definition) is 0. The summed E-state index contributed by atoms with van der Waals surface area (Å²) in [6, 6.07) is 10.1. The van der Waals surface area contributed by atoms with Crippen LogP contribution in [-0.2, 0) is 21.0 Å². The highest BCUT2D eigenvalue weighted by Gasteiger charge is 2.55. The van der Waals surface area contributed by atoms with E-state index in [9.17, 15) is 4.79 Å². The van der Waals surface area contributed by atoms with Gasteiger partial charge in [0.2, 0.25) is 5.91 Å². The normalized spacial score (nSPS) is 32.0. The number of ether oxygens (including phenoxy) is 1. The zero-order valence-corrected chi connectivity index (χ0v) is 15.9. The highest BCUT2D eigenvalue weighted by Crippen LogP contribution is 2.52. The Morgan fingerprint density at radius 1 is 1.24 bits per heavy atom. The van der Waals surface area contributed by atoms with Gasteiger partial charge in [-0.15, -0.1) is 0 Å². The monoisotopic (exact) mass is 405 g/mol. The van der Waals surface area contributed by atoms with Crippen LogP contribution in [0.2, 0.25) is 0 Å². The molecule has 2 aliphatic heterocycles. The molecule has 1 aliphatic carbocycles. The summed E-state index contributed by atoms with van der Waals surface area (Å²) < 4.78 is 6.94. The van der Waals surface area contributed by atoms with Crippen LogP contribution in [0.5, 0.6) is 0 Å². The van der Waals surface area contributed by atoms with E-state index < -0.39 is 0 Å². The van der Waals surface area contributed by atoms with Crippen LogP contribution in [0.3, 0.4) is 0 Å². The topological polar surface area (TPSA) is 38.8 Å². The van der Waals surface area contributed by atoms with Crippen molar-refractivity contribution in [3.63, 3.8) is 0 Å². The number of amides is 1. The van der Waals surface area contributed by atoms with Crippen LogP contribution in [0.4, 0.5) is 0 Å². The van der Waals surface area contributed by atoms with E-state index in [1.54, 1.807) is 5.06 Å². The molecule has 5 heteroatoms. The molecular formula is C20H24BrNO3. The minimum absolute atomic E-state index is 0.108. The number of piperidine rings is 1. The first-order chi connectivity index (χ1) is 12.2. The number of hydrogen-bond acceptors (Lipinski definition) is 3. The fraction of sp³-hybridized carbons (Fsp3) is 0.550. The Bertz CT molecular complexity index is 662. The molecular weight excluding hydrogens is 382 g/mol. The number of hydroxylamine groups is 2. The van der Waals surface area contributed by atoms with E-state index in [0.29, 0.717) is 25.6 Å². The van der Waals surface area contributed by atoms with Crippen molar-refractivity contribution in [2.75, 3.05) is 6.61 Å². The molecule has 25 heavy (non-hydrogen) atoms. The van der Waals surface area contributed by atoms with E-state index in [1.165, 1.54) is 12.8 Å². The van der Waals surface area contributed by atoms with Crippen molar-refractivity contribution >= 4 is 21.8 Å². The summed E-state index contributed by atoms with van der Waals surface area (Å²) in [5, 5.41) is 1.70. The lowest BCUT2D eigenvalue weighted by atomic mass is 9.67. The summed E-state index contributed by atoms with van der Waals surface area (Å²) in [5.41, 5.74) is 0.864. The maximum Gasteiger partial charge on any atom is 0.247 e. The molecule has 2 fully saturated rings. The average Bonchev–Trinajstić information content (AvgIpc) is 2.64. The molecule has 0 radical (unpaired) electrons. The molecule has 3 aliphatic rings. The molecule has 2 heterocycles. The summed E-state index contributed by atoms with van der Waals surface area (Å²) in [6.07, 6.45) is 7.98. The second-order valence-corrected chi connectivity index (χ2v) is 8.11. The van der Waals surface area contributed by atoms with Crippen molar-refractivity contribution in [2.45, 2.75) is 56.8 Å². The van der Waals surface area contributed by atoms with Gasteiger partial charge in [-0.25, -0.2) is 5.06 Å². The lowest BCUT2D eigenvalue weighted by Gasteiger charge is -2.55. The van der Waals surface area contributed by atoms with Gasteiger partial charge in [-0.3, -0.25) is 9.63 Å². The molecule has 0 N–H and O–H groups in total. The quantitative estimate of drug-likeness (QED) is 0.747. The highest BCUT2D eigenvalue weighted by molar-refractivity contribution is 9.11. The minimum atomic E-state index is -0.274. The zero-order valence-electron chi connectivity index (χ0n) is 14.3. The Morgan fingerprint density at radius 3 is 2.92 bits per heavy atom. The first-order valence-electron chi connectivity index (χ1n) is 9.19. The fourth-order valence-electron chi connectivity index (χ4n) is 4.48. The van der Waals surface area contributed by atoms with E-state index in [0.717, 1.165) is 29.3 Å². The number of rotatable bonds is 4. The van der Waals surface area contributed by atoms with Gasteiger partial charge in [0.15, 0.2) is 0 Å². The van der Waals surface area contributed by atoms with E-state index in [4.69, 9.17) is 9.57 Å². The molecule has 1 aromatic rings. The van der Waals surface area contributed by atoms with Crippen LogP contribution >= 0.6 is 15.9 Å². The molecule has 1 aromatic carbocycles. The van der Waals surface area contributed by atoms with Crippen molar-refractivity contribution in [1.82, 2.24) is 5.06 Å². The van der Waals surface area contributed by atoms with Gasteiger partial charge < -0.3 is 4.74 Å². The van der Waals surface area contributed by atoms with Crippen LogP contribution in [0, 0.1) is 5.92 Å². The standard InChI is InChI=1S/C20H24BrNO3/c21-18-12-17(14-24-13-15-6-2-1-3-7-15)25-22-19(23)10-9-16-8-4-5-11-20(16,18)22/h1-3,6-7,12,16-17H,4-5,8-11,13-14H2/t16-,17+,20+/m0/s1. The Hall–Kier alpha value is -1.17. The van der Waals surface area contributed by atoms with Gasteiger partial charge in [0.1, 0.15) is 11.6 Å². The molecule has 134 valence electrons. The van der Waals surface area contributed by atoms with E-state index in [-0.39, 0.29) is 17.6 Å². The van der Waals surface area contributed by atoms with Crippen LogP contribution in [0.25, 0.3) is 0 Å². The molecule has 0 bridgehead atoms. The maximum atomic E-state index is 12.6. The number of carbonyl (C=O) groups is 1. The van der Waals surface area contributed by atoms with E-state index in [2.05, 4.69) is 22.0 Å². The molecule has 4 rings (SSSR count). The van der Waals surface area contributed by atoms with Crippen molar-refractivity contribution in [2.24, 2.45) is 5.92 Å². The third kappa shape index (κ3) is 3.18. The van der Waals surface area contributed by atoms with Gasteiger partial charge in [0.05, 0.1) is 13.2 Å². The summed E-state index contributed by atoms with van der Waals surface area (Å²) in [5.74, 6) is 0.604. The molecule has 1 spiro atoms. The van der Waals surface area contributed by atoms with Gasteiger partial charge in [-0.1, -0.05) is 59.1 Å². The van der Waals surface area contributed by atoms with Gasteiger partial charge in [-0.2, -0.15) is 0 Å². The van der Waals surface area contributed by atoms with Crippen molar-refractivity contribution in [3.05, 3.63) is 46.5 Å². The van der Waals surface area contributed by atoms with E-state index >= 15 is 0 Å². The average molecular weight is 406 g/mol. The second-order valence-electron chi connectivity index (χ2n) is 7.25. The van der Waals surface area contributed by atoms with Crippen molar-refractivity contribution in [3.8, 4) is 0 Å². The molecule has 0 unspecified atom stereocenters. The number of halogens is 1. The smallest absolute Gasteiger partial charge is 0.247 e. The van der Waals surface area contributed by atoms with Crippen LogP contribution in [0.15, 0.2) is 40.9 Å². The molecule has 3 atom stereocenters. The Kier molecular flexibility index (Phi) is 4.98. The molecule has 4 nitrogen and oxygen atoms in total. The summed E-state index contributed by atoms with van der Waals surface area (Å²) in [6.45, 7) is 0.988. The first-order valence-corrected chi connectivity index (χ1v) is 9.99. The van der Waals surface area contributed by atoms with E-state index in [1.807, 2.05) is 30.3 Å². The van der Waals surface area contributed by atoms with Crippen LogP contribution < -0.4 is 0 Å². The number of nitrogens with zero attached hydrogens (tertiary/aromatic N) is 1. The Labute approximate surface area is 157 Å². The lowest BCUT2D eigenvalue weighted by molar-refractivity contribution is -0.263. The third-order valence-electron chi connectivity index (χ3n) is 5.71. The number of carbonyl (C=O) groups excluding carboxylic acids is 1. The van der Waals surface area contributed by atoms with Crippen LogP contribution in [-0.4, -0.2) is 29.2 Å². The molecule has 0 aromatic heterocycles. The molecule has 1 saturated carbocycles. The largest absolute Gasteiger partial charge is 0.374 e. The summed E-state index contributed by atoms with van der Waals surface area (Å²) in [7, 11) is 0. The SMILES string of the molecule is O=C1CC[C@@H]2CCCC[C@]23C(Br)=C[C@H](COCc2ccccc2)ON13. The minimum Gasteiger partial charge on any atom is -0.374 e. The summed E-state index contributed by atoms with van der Waals surface area (Å²) >= 11 is 3.80. The molecule has 1 amide bonds.